The number of sulfonamides is 1. The maximum absolute atomic E-state index is 12.8. The van der Waals surface area contributed by atoms with E-state index in [0.29, 0.717) is 37.5 Å². The van der Waals surface area contributed by atoms with Gasteiger partial charge in [0.05, 0.1) is 5.75 Å². The number of aromatic nitrogens is 3. The molecule has 5 rings (SSSR count). The molecule has 1 N–H and O–H groups in total. The standard InChI is InChI=1S/C24H34N6O3S/c1-28-12-8-18(17-28)11-15-34(32,33)29-13-9-20(10-14-29)26-24-25-16-19-6-7-22(31)30(23(19)27-24)21-4-2-3-5-21/h6-7,11,16,20-21H,2-5,8-10,12-15,17H2,1H3,(H,25,26,27)/b18-11-. The number of rotatable bonds is 6. The second-order valence-corrected chi connectivity index (χ2v) is 11.9. The number of nitrogens with one attached hydrogen (secondary N) is 1. The highest BCUT2D eigenvalue weighted by Crippen LogP contribution is 2.30. The van der Waals surface area contributed by atoms with Gasteiger partial charge in [-0.1, -0.05) is 24.5 Å². The Balaban J connectivity index is 1.23. The summed E-state index contributed by atoms with van der Waals surface area (Å²) in [5, 5.41) is 4.25. The summed E-state index contributed by atoms with van der Waals surface area (Å²) >= 11 is 0. The average molecular weight is 487 g/mol. The summed E-state index contributed by atoms with van der Waals surface area (Å²) in [5.41, 5.74) is 1.89. The van der Waals surface area contributed by atoms with Crippen LogP contribution in [0.3, 0.4) is 0 Å². The lowest BCUT2D eigenvalue weighted by atomic mass is 10.1. The summed E-state index contributed by atoms with van der Waals surface area (Å²) in [5.74, 6) is 0.585. The summed E-state index contributed by atoms with van der Waals surface area (Å²) in [7, 11) is -1.24. The van der Waals surface area contributed by atoms with E-state index in [4.69, 9.17) is 4.98 Å². The van der Waals surface area contributed by atoms with Gasteiger partial charge in [0.2, 0.25) is 16.0 Å². The predicted octanol–water partition coefficient (Wildman–Crippen LogP) is 2.37. The maximum atomic E-state index is 12.8. The number of nitrogens with zero attached hydrogens (tertiary/aromatic N) is 5. The largest absolute Gasteiger partial charge is 0.351 e. The zero-order chi connectivity index (χ0) is 23.7. The molecular formula is C24H34N6O3S. The fraction of sp³-hybridized carbons (Fsp3) is 0.625. The number of pyridine rings is 1. The first kappa shape index (κ1) is 23.4. The van der Waals surface area contributed by atoms with Crippen molar-refractivity contribution in [2.75, 3.05) is 44.3 Å². The van der Waals surface area contributed by atoms with E-state index < -0.39 is 10.0 Å². The third-order valence-corrected chi connectivity index (χ3v) is 9.15. The van der Waals surface area contributed by atoms with Crippen LogP contribution in [-0.4, -0.2) is 77.2 Å². The molecule has 2 aromatic heterocycles. The van der Waals surface area contributed by atoms with E-state index in [1.54, 1.807) is 22.6 Å². The maximum Gasteiger partial charge on any atom is 0.252 e. The Morgan fingerprint density at radius 3 is 2.59 bits per heavy atom. The lowest BCUT2D eigenvalue weighted by Crippen LogP contribution is -2.43. The van der Waals surface area contributed by atoms with Crippen molar-refractivity contribution in [3.63, 3.8) is 0 Å². The van der Waals surface area contributed by atoms with Crippen molar-refractivity contribution < 1.29 is 8.42 Å². The Hall–Kier alpha value is -2.30. The normalized spacial score (nSPS) is 22.8. The van der Waals surface area contributed by atoms with Gasteiger partial charge >= 0.3 is 0 Å². The van der Waals surface area contributed by atoms with Crippen LogP contribution in [0.25, 0.3) is 11.0 Å². The molecule has 2 saturated heterocycles. The van der Waals surface area contributed by atoms with Gasteiger partial charge in [-0.15, -0.1) is 0 Å². The highest BCUT2D eigenvalue weighted by atomic mass is 32.2. The van der Waals surface area contributed by atoms with Gasteiger partial charge in [0.15, 0.2) is 0 Å². The van der Waals surface area contributed by atoms with Crippen LogP contribution < -0.4 is 10.9 Å². The van der Waals surface area contributed by atoms with Crippen molar-refractivity contribution in [2.45, 2.75) is 57.0 Å². The minimum Gasteiger partial charge on any atom is -0.351 e. The van der Waals surface area contributed by atoms with Crippen LogP contribution in [-0.2, 0) is 10.0 Å². The van der Waals surface area contributed by atoms with Gasteiger partial charge < -0.3 is 10.2 Å². The molecule has 0 amide bonds. The fourth-order valence-electron chi connectivity index (χ4n) is 5.42. The summed E-state index contributed by atoms with van der Waals surface area (Å²) in [6, 6.07) is 3.69. The topological polar surface area (TPSA) is 100 Å². The Morgan fingerprint density at radius 1 is 1.12 bits per heavy atom. The molecule has 2 aromatic rings. The first-order valence-electron chi connectivity index (χ1n) is 12.4. The Kier molecular flexibility index (Phi) is 6.72. The SMILES string of the molecule is CN1CC/C(=C/CS(=O)(=O)N2CCC(Nc3ncc4ccc(=O)n(C5CCCC5)c4n3)CC2)C1. The molecule has 10 heteroatoms. The van der Waals surface area contributed by atoms with Gasteiger partial charge in [-0.2, -0.15) is 4.98 Å². The third-order valence-electron chi connectivity index (χ3n) is 7.41. The molecule has 9 nitrogen and oxygen atoms in total. The summed E-state index contributed by atoms with van der Waals surface area (Å²) in [6.45, 7) is 2.84. The van der Waals surface area contributed by atoms with Gasteiger partial charge in [0.25, 0.3) is 5.56 Å². The van der Waals surface area contributed by atoms with Crippen LogP contribution in [0.5, 0.6) is 0 Å². The smallest absolute Gasteiger partial charge is 0.252 e. The quantitative estimate of drug-likeness (QED) is 0.626. The number of likely N-dealkylation sites (N-methyl/N-ethyl adjacent to an activating group) is 1. The molecule has 0 spiro atoms. The predicted molar refractivity (Wildman–Crippen MR) is 134 cm³/mol. The minimum absolute atomic E-state index is 0.0122. The van der Waals surface area contributed by atoms with E-state index in [-0.39, 0.29) is 23.4 Å². The van der Waals surface area contributed by atoms with Gasteiger partial charge in [-0.05, 0) is 45.2 Å². The van der Waals surface area contributed by atoms with Crippen LogP contribution in [0, 0.1) is 0 Å². The van der Waals surface area contributed by atoms with E-state index in [0.717, 1.165) is 50.6 Å². The number of piperidine rings is 1. The number of anilines is 1. The van der Waals surface area contributed by atoms with Crippen LogP contribution in [0.4, 0.5) is 5.95 Å². The monoisotopic (exact) mass is 486 g/mol. The van der Waals surface area contributed by atoms with Crippen molar-refractivity contribution in [3.8, 4) is 0 Å². The molecule has 0 bridgehead atoms. The molecule has 1 saturated carbocycles. The molecule has 2 aliphatic heterocycles. The van der Waals surface area contributed by atoms with E-state index >= 15 is 0 Å². The molecular weight excluding hydrogens is 452 g/mol. The van der Waals surface area contributed by atoms with Crippen LogP contribution in [0.15, 0.2) is 34.8 Å². The summed E-state index contributed by atoms with van der Waals surface area (Å²) < 4.78 is 29.1. The summed E-state index contributed by atoms with van der Waals surface area (Å²) in [4.78, 5) is 24.0. The highest BCUT2D eigenvalue weighted by Gasteiger charge is 2.28. The number of hydrogen-bond acceptors (Lipinski definition) is 7. The molecule has 0 atom stereocenters. The lowest BCUT2D eigenvalue weighted by molar-refractivity contribution is 0.330. The van der Waals surface area contributed by atoms with Crippen LogP contribution in [0.1, 0.15) is 51.0 Å². The second-order valence-electron chi connectivity index (χ2n) is 9.90. The Bertz CT molecular complexity index is 1230. The molecule has 1 aliphatic carbocycles. The molecule has 3 fully saturated rings. The first-order chi connectivity index (χ1) is 16.4. The van der Waals surface area contributed by atoms with Crippen molar-refractivity contribution in [1.29, 1.82) is 0 Å². The second kappa shape index (κ2) is 9.75. The van der Waals surface area contributed by atoms with Gasteiger partial charge in [0.1, 0.15) is 5.65 Å². The van der Waals surface area contributed by atoms with E-state index in [9.17, 15) is 13.2 Å². The van der Waals surface area contributed by atoms with Crippen molar-refractivity contribution in [1.82, 2.24) is 23.7 Å². The summed E-state index contributed by atoms with van der Waals surface area (Å²) in [6.07, 6.45) is 10.3. The highest BCUT2D eigenvalue weighted by molar-refractivity contribution is 7.89. The van der Waals surface area contributed by atoms with Gasteiger partial charge in [0, 0.05) is 55.9 Å². The lowest BCUT2D eigenvalue weighted by Gasteiger charge is -2.31. The minimum atomic E-state index is -3.29. The number of fused-ring (bicyclic) bond motifs is 1. The van der Waals surface area contributed by atoms with Crippen molar-refractivity contribution in [2.24, 2.45) is 0 Å². The van der Waals surface area contributed by atoms with Gasteiger partial charge in [-0.25, -0.2) is 17.7 Å². The Morgan fingerprint density at radius 2 is 1.88 bits per heavy atom. The third kappa shape index (κ3) is 5.04. The molecule has 184 valence electrons. The molecule has 0 aromatic carbocycles. The fourth-order valence-corrected chi connectivity index (χ4v) is 6.84. The number of likely N-dealkylation sites (tertiary alicyclic amines) is 1. The first-order valence-corrected chi connectivity index (χ1v) is 14.0. The van der Waals surface area contributed by atoms with E-state index in [2.05, 4.69) is 22.2 Å². The van der Waals surface area contributed by atoms with Crippen LogP contribution in [0.2, 0.25) is 0 Å². The average Bonchev–Trinajstić information content (AvgIpc) is 3.50. The molecule has 3 aliphatic rings. The zero-order valence-electron chi connectivity index (χ0n) is 19.8. The van der Waals surface area contributed by atoms with Crippen molar-refractivity contribution >= 4 is 27.0 Å². The van der Waals surface area contributed by atoms with Crippen LogP contribution >= 0.6 is 0 Å². The molecule has 0 radical (unpaired) electrons. The molecule has 4 heterocycles. The molecule has 34 heavy (non-hydrogen) atoms. The zero-order valence-corrected chi connectivity index (χ0v) is 20.6. The molecule has 0 unspecified atom stereocenters. The van der Waals surface area contributed by atoms with Gasteiger partial charge in [-0.3, -0.25) is 9.36 Å². The Labute approximate surface area is 200 Å². The van der Waals surface area contributed by atoms with Crippen molar-refractivity contribution in [3.05, 3.63) is 40.3 Å². The van der Waals surface area contributed by atoms with E-state index in [1.807, 2.05) is 10.6 Å². The van der Waals surface area contributed by atoms with E-state index in [1.165, 1.54) is 5.57 Å². The number of hydrogen-bond donors (Lipinski definition) is 1.